The fourth-order valence-electron chi connectivity index (χ4n) is 4.14. The predicted octanol–water partition coefficient (Wildman–Crippen LogP) is 4.23. The average molecular weight is 403 g/mol. The normalized spacial score (nSPS) is 15.7. The van der Waals surface area contributed by atoms with Crippen LogP contribution in [0, 0.1) is 5.92 Å². The molecule has 4 rings (SSSR count). The Hall–Kier alpha value is -3.08. The molecule has 30 heavy (non-hydrogen) atoms. The molecule has 1 amide bonds. The fourth-order valence-corrected chi connectivity index (χ4v) is 4.14. The third-order valence-corrected chi connectivity index (χ3v) is 5.91. The van der Waals surface area contributed by atoms with Crippen LogP contribution in [0.15, 0.2) is 73.2 Å². The van der Waals surface area contributed by atoms with Gasteiger partial charge in [-0.1, -0.05) is 30.3 Å². The summed E-state index contributed by atoms with van der Waals surface area (Å²) in [4.78, 5) is 19.7. The van der Waals surface area contributed by atoms with Crippen molar-refractivity contribution in [2.45, 2.75) is 38.6 Å². The number of anilines is 1. The van der Waals surface area contributed by atoms with Crippen LogP contribution in [0.3, 0.4) is 0 Å². The Bertz CT molecular complexity index is 931. The number of hydrogen-bond donors (Lipinski definition) is 1. The molecule has 1 saturated heterocycles. The fraction of sp³-hybridized carbons (Fsp3) is 0.360. The molecule has 1 fully saturated rings. The summed E-state index contributed by atoms with van der Waals surface area (Å²) in [5, 5.41) is 3.23. The highest BCUT2D eigenvalue weighted by atomic mass is 16.1. The first-order chi connectivity index (χ1) is 14.7. The molecule has 1 N–H and O–H groups in total. The van der Waals surface area contributed by atoms with E-state index in [-0.39, 0.29) is 17.9 Å². The van der Waals surface area contributed by atoms with Gasteiger partial charge in [-0.05, 0) is 62.4 Å². The first-order valence-electron chi connectivity index (χ1n) is 10.9. The maximum atomic E-state index is 12.8. The van der Waals surface area contributed by atoms with E-state index in [0.29, 0.717) is 0 Å². The number of aromatic nitrogens is 2. The van der Waals surface area contributed by atoms with Crippen molar-refractivity contribution in [2.75, 3.05) is 18.0 Å². The van der Waals surface area contributed by atoms with Gasteiger partial charge in [0.25, 0.3) is 0 Å². The molecule has 156 valence electrons. The van der Waals surface area contributed by atoms with Gasteiger partial charge in [0.15, 0.2) is 5.82 Å². The van der Waals surface area contributed by atoms with Gasteiger partial charge in [-0.25, -0.2) is 4.98 Å². The Labute approximate surface area is 178 Å². The van der Waals surface area contributed by atoms with Crippen molar-refractivity contribution in [3.8, 4) is 5.69 Å². The number of carbonyl (C=O) groups excluding carboxylic acids is 1. The topological polar surface area (TPSA) is 50.2 Å². The van der Waals surface area contributed by atoms with Crippen LogP contribution in [0.2, 0.25) is 0 Å². The van der Waals surface area contributed by atoms with Crippen molar-refractivity contribution in [3.05, 3.63) is 78.8 Å². The largest absolute Gasteiger partial charge is 0.355 e. The third-order valence-electron chi connectivity index (χ3n) is 5.91. The quantitative estimate of drug-likeness (QED) is 0.644. The van der Waals surface area contributed by atoms with Crippen molar-refractivity contribution in [2.24, 2.45) is 5.92 Å². The zero-order valence-electron chi connectivity index (χ0n) is 17.6. The van der Waals surface area contributed by atoms with Gasteiger partial charge >= 0.3 is 0 Å². The van der Waals surface area contributed by atoms with E-state index in [1.165, 1.54) is 5.56 Å². The molecule has 0 radical (unpaired) electrons. The molecule has 1 atom stereocenters. The smallest absolute Gasteiger partial charge is 0.223 e. The minimum Gasteiger partial charge on any atom is -0.355 e. The van der Waals surface area contributed by atoms with E-state index in [1.54, 1.807) is 0 Å². The Morgan fingerprint density at radius 2 is 1.80 bits per heavy atom. The number of piperidine rings is 1. The molecule has 0 bridgehead atoms. The van der Waals surface area contributed by atoms with Crippen LogP contribution in [0.25, 0.3) is 5.69 Å². The Morgan fingerprint density at radius 1 is 1.07 bits per heavy atom. The molecule has 0 saturated carbocycles. The lowest BCUT2D eigenvalue weighted by molar-refractivity contribution is -0.126. The SMILES string of the molecule is CC(CCc1ccccc1)NC(=O)C1CCN(c2ncccc2-n2cccc2)CC1. The Balaban J connectivity index is 1.29. The minimum absolute atomic E-state index is 0.0826. The van der Waals surface area contributed by atoms with Crippen molar-refractivity contribution in [1.29, 1.82) is 0 Å². The zero-order valence-corrected chi connectivity index (χ0v) is 17.6. The first-order valence-corrected chi connectivity index (χ1v) is 10.9. The van der Waals surface area contributed by atoms with E-state index >= 15 is 0 Å². The highest BCUT2D eigenvalue weighted by Crippen LogP contribution is 2.27. The molecular weight excluding hydrogens is 372 g/mol. The number of aryl methyl sites for hydroxylation is 1. The number of nitrogens with zero attached hydrogens (tertiary/aromatic N) is 3. The van der Waals surface area contributed by atoms with Gasteiger partial charge in [0.05, 0.1) is 5.69 Å². The summed E-state index contributed by atoms with van der Waals surface area (Å²) in [6, 6.07) is 18.7. The van der Waals surface area contributed by atoms with Crippen LogP contribution in [-0.2, 0) is 11.2 Å². The van der Waals surface area contributed by atoms with Crippen molar-refractivity contribution < 1.29 is 4.79 Å². The number of benzene rings is 1. The maximum absolute atomic E-state index is 12.8. The Morgan fingerprint density at radius 3 is 2.53 bits per heavy atom. The summed E-state index contributed by atoms with van der Waals surface area (Å²) in [6.07, 6.45) is 9.59. The Kier molecular flexibility index (Phi) is 6.47. The van der Waals surface area contributed by atoms with E-state index in [0.717, 1.165) is 50.3 Å². The number of carbonyl (C=O) groups is 1. The van der Waals surface area contributed by atoms with Gasteiger partial charge in [-0.2, -0.15) is 0 Å². The van der Waals surface area contributed by atoms with E-state index in [9.17, 15) is 4.79 Å². The van der Waals surface area contributed by atoms with Gasteiger partial charge in [0.2, 0.25) is 5.91 Å². The summed E-state index contributed by atoms with van der Waals surface area (Å²) >= 11 is 0. The molecule has 5 heteroatoms. The van der Waals surface area contributed by atoms with Gasteiger partial charge in [0.1, 0.15) is 0 Å². The molecule has 3 aromatic rings. The van der Waals surface area contributed by atoms with E-state index in [2.05, 4.69) is 57.0 Å². The highest BCUT2D eigenvalue weighted by Gasteiger charge is 2.27. The summed E-state index contributed by atoms with van der Waals surface area (Å²) in [5.74, 6) is 1.27. The van der Waals surface area contributed by atoms with Gasteiger partial charge in [-0.15, -0.1) is 0 Å². The van der Waals surface area contributed by atoms with Crippen LogP contribution in [0.1, 0.15) is 31.7 Å². The standard InChI is InChI=1S/C25H30N4O/c1-20(11-12-21-8-3-2-4-9-21)27-25(30)22-13-18-29(19-14-22)24-23(10-7-15-26-24)28-16-5-6-17-28/h2-10,15-17,20,22H,11-14,18-19H2,1H3,(H,27,30). The monoisotopic (exact) mass is 402 g/mol. The second-order valence-electron chi connectivity index (χ2n) is 8.13. The third kappa shape index (κ3) is 4.90. The molecule has 0 spiro atoms. The van der Waals surface area contributed by atoms with E-state index < -0.39 is 0 Å². The molecule has 1 aliphatic rings. The summed E-state index contributed by atoms with van der Waals surface area (Å²) in [6.45, 7) is 3.80. The second kappa shape index (κ2) is 9.61. The molecule has 2 aromatic heterocycles. The summed E-state index contributed by atoms with van der Waals surface area (Å²) in [5.41, 5.74) is 2.40. The summed E-state index contributed by atoms with van der Waals surface area (Å²) < 4.78 is 2.09. The van der Waals surface area contributed by atoms with Crippen LogP contribution in [0.4, 0.5) is 5.82 Å². The van der Waals surface area contributed by atoms with Crippen LogP contribution < -0.4 is 10.2 Å². The minimum atomic E-state index is 0.0826. The highest BCUT2D eigenvalue weighted by molar-refractivity contribution is 5.79. The second-order valence-corrected chi connectivity index (χ2v) is 8.13. The van der Waals surface area contributed by atoms with Crippen molar-refractivity contribution in [3.63, 3.8) is 0 Å². The van der Waals surface area contributed by atoms with Crippen molar-refractivity contribution >= 4 is 11.7 Å². The molecule has 1 unspecified atom stereocenters. The molecule has 0 aliphatic carbocycles. The van der Waals surface area contributed by atoms with Crippen LogP contribution in [0.5, 0.6) is 0 Å². The molecule has 5 nitrogen and oxygen atoms in total. The molecule has 1 aliphatic heterocycles. The van der Waals surface area contributed by atoms with E-state index in [4.69, 9.17) is 0 Å². The molecular formula is C25H30N4O. The number of hydrogen-bond acceptors (Lipinski definition) is 3. The van der Waals surface area contributed by atoms with Gasteiger partial charge in [-0.3, -0.25) is 4.79 Å². The van der Waals surface area contributed by atoms with Crippen LogP contribution in [-0.4, -0.2) is 34.6 Å². The molecule has 1 aromatic carbocycles. The van der Waals surface area contributed by atoms with Gasteiger partial charge < -0.3 is 14.8 Å². The van der Waals surface area contributed by atoms with E-state index in [1.807, 2.05) is 42.9 Å². The number of nitrogens with one attached hydrogen (secondary N) is 1. The summed E-state index contributed by atoms with van der Waals surface area (Å²) in [7, 11) is 0. The lowest BCUT2D eigenvalue weighted by Gasteiger charge is -2.33. The number of rotatable bonds is 7. The van der Waals surface area contributed by atoms with Crippen molar-refractivity contribution in [1.82, 2.24) is 14.9 Å². The lowest BCUT2D eigenvalue weighted by atomic mass is 9.95. The maximum Gasteiger partial charge on any atom is 0.223 e. The lowest BCUT2D eigenvalue weighted by Crippen LogP contribution is -2.43. The first kappa shape index (κ1) is 20.2. The molecule has 3 heterocycles. The zero-order chi connectivity index (χ0) is 20.8. The number of amides is 1. The number of pyridine rings is 1. The average Bonchev–Trinajstić information content (AvgIpc) is 3.33. The van der Waals surface area contributed by atoms with Gasteiger partial charge in [0, 0.05) is 43.6 Å². The van der Waals surface area contributed by atoms with Crippen LogP contribution >= 0.6 is 0 Å². The predicted molar refractivity (Wildman–Crippen MR) is 121 cm³/mol.